The largest absolute Gasteiger partial charge is 0.493 e. The van der Waals surface area contributed by atoms with E-state index >= 15 is 0 Å². The number of nitrogens with zero attached hydrogens (tertiary/aromatic N) is 1. The van der Waals surface area contributed by atoms with Gasteiger partial charge in [0.25, 0.3) is 0 Å². The molecule has 0 unspecified atom stereocenters. The second-order valence-electron chi connectivity index (χ2n) is 6.35. The number of hydrogen-bond donors (Lipinski definition) is 0. The zero-order valence-electron chi connectivity index (χ0n) is 14.7. The van der Waals surface area contributed by atoms with Crippen LogP contribution in [0.3, 0.4) is 0 Å². The van der Waals surface area contributed by atoms with Gasteiger partial charge in [-0.1, -0.05) is 24.3 Å². The molecule has 0 fully saturated rings. The smallest absolute Gasteiger partial charge is 0.410 e. The number of hydrogen-bond acceptors (Lipinski definition) is 4. The normalized spacial score (nSPS) is 17.4. The van der Waals surface area contributed by atoms with Crippen LogP contribution in [-0.2, 0) is 17.6 Å². The summed E-state index contributed by atoms with van der Waals surface area (Å²) < 4.78 is 16.3. The maximum absolute atomic E-state index is 12.3. The van der Waals surface area contributed by atoms with E-state index in [1.807, 2.05) is 23.1 Å². The van der Waals surface area contributed by atoms with Crippen molar-refractivity contribution in [3.63, 3.8) is 0 Å². The Bertz CT molecular complexity index is 846. The third-order valence-electron chi connectivity index (χ3n) is 5.24. The summed E-state index contributed by atoms with van der Waals surface area (Å²) in [5.41, 5.74) is 5.77. The molecular formula is C20H21NO4. The van der Waals surface area contributed by atoms with Crippen molar-refractivity contribution in [2.24, 2.45) is 0 Å². The Morgan fingerprint density at radius 1 is 1.12 bits per heavy atom. The van der Waals surface area contributed by atoms with Crippen molar-refractivity contribution in [1.82, 2.24) is 4.90 Å². The topological polar surface area (TPSA) is 48.0 Å². The van der Waals surface area contributed by atoms with Crippen molar-refractivity contribution in [2.75, 3.05) is 27.9 Å². The second kappa shape index (κ2) is 5.99. The van der Waals surface area contributed by atoms with E-state index in [9.17, 15) is 4.79 Å². The number of ether oxygens (including phenoxy) is 3. The maximum atomic E-state index is 12.3. The van der Waals surface area contributed by atoms with E-state index < -0.39 is 0 Å². The molecule has 1 atom stereocenters. The van der Waals surface area contributed by atoms with Gasteiger partial charge in [-0.05, 0) is 41.2 Å². The monoisotopic (exact) mass is 339 g/mol. The van der Waals surface area contributed by atoms with E-state index in [-0.39, 0.29) is 12.1 Å². The molecule has 0 radical (unpaired) electrons. The molecule has 5 heteroatoms. The van der Waals surface area contributed by atoms with Gasteiger partial charge >= 0.3 is 6.09 Å². The van der Waals surface area contributed by atoms with Gasteiger partial charge in [0.2, 0.25) is 0 Å². The Morgan fingerprint density at radius 3 is 2.64 bits per heavy atom. The highest BCUT2D eigenvalue weighted by Crippen LogP contribution is 2.52. The number of amides is 1. The molecular weight excluding hydrogens is 318 g/mol. The van der Waals surface area contributed by atoms with Crippen LogP contribution in [-0.4, -0.2) is 38.9 Å². The Balaban J connectivity index is 2.02. The van der Waals surface area contributed by atoms with Gasteiger partial charge < -0.3 is 19.1 Å². The zero-order chi connectivity index (χ0) is 17.6. The first kappa shape index (κ1) is 15.8. The van der Waals surface area contributed by atoms with Crippen LogP contribution >= 0.6 is 0 Å². The molecule has 2 aliphatic rings. The van der Waals surface area contributed by atoms with Gasteiger partial charge in [0.1, 0.15) is 0 Å². The fourth-order valence-corrected chi connectivity index (χ4v) is 4.17. The van der Waals surface area contributed by atoms with Crippen molar-refractivity contribution in [3.05, 3.63) is 47.0 Å². The highest BCUT2D eigenvalue weighted by molar-refractivity contribution is 5.84. The van der Waals surface area contributed by atoms with E-state index in [1.165, 1.54) is 18.2 Å². The van der Waals surface area contributed by atoms with E-state index in [2.05, 4.69) is 12.1 Å². The quantitative estimate of drug-likeness (QED) is 0.839. The maximum Gasteiger partial charge on any atom is 0.410 e. The number of carbonyl (C=O) groups is 1. The summed E-state index contributed by atoms with van der Waals surface area (Å²) in [5.74, 6) is 1.46. The first-order chi connectivity index (χ1) is 12.2. The molecule has 1 aliphatic carbocycles. The zero-order valence-corrected chi connectivity index (χ0v) is 14.7. The van der Waals surface area contributed by atoms with Crippen LogP contribution in [0.5, 0.6) is 11.5 Å². The van der Waals surface area contributed by atoms with Gasteiger partial charge in [-0.2, -0.15) is 0 Å². The first-order valence-electron chi connectivity index (χ1n) is 8.40. The predicted molar refractivity (Wildman–Crippen MR) is 94.2 cm³/mol. The van der Waals surface area contributed by atoms with E-state index in [0.717, 1.165) is 41.0 Å². The summed E-state index contributed by atoms with van der Waals surface area (Å²) in [6.45, 7) is 0.640. The standard InChI is InChI=1S/C20H21NO4/c1-23-16-11-13-8-9-21(20(22)25-3)15-10-12-6-4-5-7-14(12)18(17(13)15)19(16)24-2/h4-7,11,15H,8-10H2,1-3H3/t15-/m0/s1. The summed E-state index contributed by atoms with van der Waals surface area (Å²) in [6.07, 6.45) is 1.27. The second-order valence-corrected chi connectivity index (χ2v) is 6.35. The number of rotatable bonds is 2. The van der Waals surface area contributed by atoms with Crippen LogP contribution < -0.4 is 9.47 Å². The van der Waals surface area contributed by atoms with Crippen LogP contribution in [0.4, 0.5) is 4.79 Å². The Kier molecular flexibility index (Phi) is 3.79. The highest BCUT2D eigenvalue weighted by atomic mass is 16.5. The molecule has 130 valence electrons. The summed E-state index contributed by atoms with van der Waals surface area (Å²) in [6, 6.07) is 10.3. The molecule has 1 aliphatic heterocycles. The average Bonchev–Trinajstić information content (AvgIpc) is 2.66. The minimum absolute atomic E-state index is 0.0408. The van der Waals surface area contributed by atoms with Crippen LogP contribution in [0, 0.1) is 0 Å². The minimum atomic E-state index is -0.282. The molecule has 4 rings (SSSR count). The van der Waals surface area contributed by atoms with E-state index in [0.29, 0.717) is 6.54 Å². The Morgan fingerprint density at radius 2 is 1.92 bits per heavy atom. The summed E-state index contributed by atoms with van der Waals surface area (Å²) in [7, 11) is 4.75. The summed E-state index contributed by atoms with van der Waals surface area (Å²) in [4.78, 5) is 14.1. The predicted octanol–water partition coefficient (Wildman–Crippen LogP) is 3.59. The van der Waals surface area contributed by atoms with Gasteiger partial charge in [-0.25, -0.2) is 4.79 Å². The van der Waals surface area contributed by atoms with Crippen LogP contribution in [0.1, 0.15) is 22.7 Å². The lowest BCUT2D eigenvalue weighted by Crippen LogP contribution is -2.42. The molecule has 1 amide bonds. The lowest BCUT2D eigenvalue weighted by Gasteiger charge is -2.41. The average molecular weight is 339 g/mol. The Hall–Kier alpha value is -2.69. The number of benzene rings is 2. The molecule has 0 saturated carbocycles. The lowest BCUT2D eigenvalue weighted by atomic mass is 9.76. The highest BCUT2D eigenvalue weighted by Gasteiger charge is 2.39. The minimum Gasteiger partial charge on any atom is -0.493 e. The fourth-order valence-electron chi connectivity index (χ4n) is 4.17. The van der Waals surface area contributed by atoms with Crippen LogP contribution in [0.2, 0.25) is 0 Å². The molecule has 2 aromatic carbocycles. The molecule has 0 saturated heterocycles. The molecule has 2 aromatic rings. The molecule has 25 heavy (non-hydrogen) atoms. The Labute approximate surface area is 147 Å². The number of carbonyl (C=O) groups excluding carboxylic acids is 1. The third-order valence-corrected chi connectivity index (χ3v) is 5.24. The first-order valence-corrected chi connectivity index (χ1v) is 8.40. The van der Waals surface area contributed by atoms with Gasteiger partial charge in [0, 0.05) is 12.1 Å². The fraction of sp³-hybridized carbons (Fsp3) is 0.350. The number of fused-ring (bicyclic) bond motifs is 2. The van der Waals surface area contributed by atoms with Gasteiger partial charge in [-0.15, -0.1) is 0 Å². The third kappa shape index (κ3) is 2.26. The lowest BCUT2D eigenvalue weighted by molar-refractivity contribution is 0.100. The molecule has 0 aromatic heterocycles. The van der Waals surface area contributed by atoms with E-state index in [1.54, 1.807) is 14.2 Å². The van der Waals surface area contributed by atoms with Crippen molar-refractivity contribution in [2.45, 2.75) is 18.9 Å². The van der Waals surface area contributed by atoms with Crippen LogP contribution in [0.15, 0.2) is 30.3 Å². The van der Waals surface area contributed by atoms with Gasteiger partial charge in [0.15, 0.2) is 11.5 Å². The van der Waals surface area contributed by atoms with Crippen molar-refractivity contribution in [1.29, 1.82) is 0 Å². The van der Waals surface area contributed by atoms with Crippen molar-refractivity contribution < 1.29 is 19.0 Å². The van der Waals surface area contributed by atoms with Gasteiger partial charge in [0.05, 0.1) is 27.4 Å². The molecule has 0 N–H and O–H groups in total. The molecule has 1 heterocycles. The van der Waals surface area contributed by atoms with Crippen molar-refractivity contribution in [3.8, 4) is 22.6 Å². The molecule has 0 spiro atoms. The van der Waals surface area contributed by atoms with Gasteiger partial charge in [-0.3, -0.25) is 0 Å². The molecule has 5 nitrogen and oxygen atoms in total. The summed E-state index contributed by atoms with van der Waals surface area (Å²) in [5, 5.41) is 0. The number of methoxy groups -OCH3 is 3. The SMILES string of the molecule is COC(=O)N1CCc2cc(OC)c(OC)c3c2[C@@H]1Cc1ccccc1-3. The van der Waals surface area contributed by atoms with E-state index in [4.69, 9.17) is 14.2 Å². The summed E-state index contributed by atoms with van der Waals surface area (Å²) >= 11 is 0. The van der Waals surface area contributed by atoms with Crippen molar-refractivity contribution >= 4 is 6.09 Å². The molecule has 0 bridgehead atoms. The van der Waals surface area contributed by atoms with Crippen LogP contribution in [0.25, 0.3) is 11.1 Å².